The molecule has 7 nitrogen and oxygen atoms in total. The van der Waals surface area contributed by atoms with E-state index in [0.717, 1.165) is 10.7 Å². The first-order chi connectivity index (χ1) is 9.78. The van der Waals surface area contributed by atoms with E-state index in [0.29, 0.717) is 12.2 Å². The van der Waals surface area contributed by atoms with E-state index >= 15 is 0 Å². The molecule has 21 heavy (non-hydrogen) atoms. The Morgan fingerprint density at radius 1 is 1.48 bits per heavy atom. The summed E-state index contributed by atoms with van der Waals surface area (Å²) >= 11 is 4.75. The Hall–Kier alpha value is -1.58. The van der Waals surface area contributed by atoms with Crippen LogP contribution < -0.4 is 11.1 Å². The minimum Gasteiger partial charge on any atom is -0.388 e. The van der Waals surface area contributed by atoms with Crippen LogP contribution >= 0.6 is 12.2 Å². The predicted octanol–water partition coefficient (Wildman–Crippen LogP) is -0.137. The first kappa shape index (κ1) is 17.5. The Kier molecular flexibility index (Phi) is 6.19. The topological polar surface area (TPSA) is 105 Å². The molecule has 0 aromatic carbocycles. The quantitative estimate of drug-likeness (QED) is 0.674. The molecule has 0 fully saturated rings. The molecule has 0 aliphatic carbocycles. The summed E-state index contributed by atoms with van der Waals surface area (Å²) in [5.74, 6) is -0.351. The number of pyridine rings is 1. The van der Waals surface area contributed by atoms with Gasteiger partial charge in [-0.3, -0.25) is 9.78 Å². The number of thiocarbonyl (C=S) groups is 1. The average Bonchev–Trinajstić information content (AvgIpc) is 2.45. The molecule has 0 saturated carbocycles. The lowest BCUT2D eigenvalue weighted by Crippen LogP contribution is -2.38. The number of likely N-dealkylation sites (N-methyl/N-ethyl adjacent to an activating group) is 1. The summed E-state index contributed by atoms with van der Waals surface area (Å²) in [7, 11) is -2.44. The maximum absolute atomic E-state index is 12.3. The van der Waals surface area contributed by atoms with Crippen molar-refractivity contribution in [2.75, 3.05) is 20.1 Å². The van der Waals surface area contributed by atoms with E-state index in [2.05, 4.69) is 10.3 Å². The van der Waals surface area contributed by atoms with Gasteiger partial charge in [0.25, 0.3) is 0 Å². The van der Waals surface area contributed by atoms with Crippen molar-refractivity contribution in [3.63, 3.8) is 0 Å². The monoisotopic (exact) mass is 330 g/mol. The second-order valence-electron chi connectivity index (χ2n) is 4.35. The van der Waals surface area contributed by atoms with Crippen molar-refractivity contribution in [1.29, 1.82) is 0 Å². The molecule has 0 aliphatic heterocycles. The summed E-state index contributed by atoms with van der Waals surface area (Å²) in [4.78, 5) is 15.5. The Labute approximate surface area is 129 Å². The molecule has 0 aliphatic rings. The number of hydrogen-bond donors (Lipinski definition) is 2. The number of carbonyl (C=O) groups excluding carboxylic acids is 1. The van der Waals surface area contributed by atoms with Gasteiger partial charge in [-0.1, -0.05) is 19.1 Å². The summed E-state index contributed by atoms with van der Waals surface area (Å²) in [6.45, 7) is 2.17. The van der Waals surface area contributed by atoms with Gasteiger partial charge in [0.2, 0.25) is 15.9 Å². The van der Waals surface area contributed by atoms with Crippen LogP contribution in [-0.4, -0.2) is 48.7 Å². The first-order valence-electron chi connectivity index (χ1n) is 6.28. The number of carbonyl (C=O) groups is 1. The first-order valence-corrected chi connectivity index (χ1v) is 8.12. The fraction of sp³-hybridized carbons (Fsp3) is 0.417. The number of nitrogens with one attached hydrogen (secondary N) is 1. The van der Waals surface area contributed by atoms with E-state index in [1.807, 2.05) is 6.92 Å². The van der Waals surface area contributed by atoms with Crippen molar-refractivity contribution in [2.45, 2.75) is 18.2 Å². The molecule has 3 N–H and O–H groups in total. The van der Waals surface area contributed by atoms with Crippen molar-refractivity contribution in [3.8, 4) is 0 Å². The molecule has 1 aromatic heterocycles. The molecule has 1 heterocycles. The van der Waals surface area contributed by atoms with Crippen LogP contribution in [0.1, 0.15) is 19.0 Å². The Balaban J connectivity index is 2.84. The maximum atomic E-state index is 12.3. The van der Waals surface area contributed by atoms with E-state index in [1.165, 1.54) is 25.4 Å². The Morgan fingerprint density at radius 3 is 2.62 bits per heavy atom. The number of hydrogen-bond acceptors (Lipinski definition) is 5. The van der Waals surface area contributed by atoms with Crippen LogP contribution in [0.25, 0.3) is 0 Å². The molecule has 116 valence electrons. The summed E-state index contributed by atoms with van der Waals surface area (Å²) in [6, 6.07) is 2.79. The van der Waals surface area contributed by atoms with Crippen molar-refractivity contribution < 1.29 is 13.2 Å². The highest BCUT2D eigenvalue weighted by molar-refractivity contribution is 7.89. The van der Waals surface area contributed by atoms with Crippen molar-refractivity contribution in [1.82, 2.24) is 14.6 Å². The SMILES string of the molecule is CCCNC(=O)CN(C)S(=O)(=O)c1ccc(C(N)=S)nc1. The minimum atomic E-state index is -3.78. The predicted molar refractivity (Wildman–Crippen MR) is 83.2 cm³/mol. The van der Waals surface area contributed by atoms with Crippen LogP contribution in [0.2, 0.25) is 0 Å². The van der Waals surface area contributed by atoms with E-state index in [4.69, 9.17) is 18.0 Å². The second kappa shape index (κ2) is 7.43. The summed E-state index contributed by atoms with van der Waals surface area (Å²) in [6.07, 6.45) is 1.96. The summed E-state index contributed by atoms with van der Waals surface area (Å²) < 4.78 is 25.5. The van der Waals surface area contributed by atoms with E-state index in [1.54, 1.807) is 0 Å². The van der Waals surface area contributed by atoms with Crippen LogP contribution in [0, 0.1) is 0 Å². The van der Waals surface area contributed by atoms with Gasteiger partial charge in [-0.15, -0.1) is 0 Å². The molecule has 0 saturated heterocycles. The zero-order valence-electron chi connectivity index (χ0n) is 11.9. The normalized spacial score (nSPS) is 11.4. The Morgan fingerprint density at radius 2 is 2.14 bits per heavy atom. The number of rotatable bonds is 7. The lowest BCUT2D eigenvalue weighted by molar-refractivity contribution is -0.121. The third-order valence-corrected chi connectivity index (χ3v) is 4.63. The van der Waals surface area contributed by atoms with Gasteiger partial charge in [-0.05, 0) is 18.6 Å². The molecular formula is C12H18N4O3S2. The maximum Gasteiger partial charge on any atom is 0.244 e. The standard InChI is InChI=1S/C12H18N4O3S2/c1-3-6-14-11(17)8-16(2)21(18,19)9-4-5-10(12(13)20)15-7-9/h4-5,7H,3,6,8H2,1-2H3,(H2,13,20)(H,14,17). The highest BCUT2D eigenvalue weighted by Crippen LogP contribution is 2.13. The third-order valence-electron chi connectivity index (χ3n) is 2.64. The molecule has 0 atom stereocenters. The highest BCUT2D eigenvalue weighted by Gasteiger charge is 2.23. The van der Waals surface area contributed by atoms with Crippen LogP contribution in [0.5, 0.6) is 0 Å². The lowest BCUT2D eigenvalue weighted by atomic mass is 10.3. The van der Waals surface area contributed by atoms with Crippen LogP contribution in [-0.2, 0) is 14.8 Å². The van der Waals surface area contributed by atoms with Crippen molar-refractivity contribution in [3.05, 3.63) is 24.0 Å². The molecular weight excluding hydrogens is 312 g/mol. The molecule has 0 spiro atoms. The van der Waals surface area contributed by atoms with E-state index in [9.17, 15) is 13.2 Å². The van der Waals surface area contributed by atoms with Crippen LogP contribution in [0.4, 0.5) is 0 Å². The van der Waals surface area contributed by atoms with Gasteiger partial charge in [0.1, 0.15) is 9.88 Å². The average molecular weight is 330 g/mol. The summed E-state index contributed by atoms with van der Waals surface area (Å²) in [5.41, 5.74) is 5.74. The summed E-state index contributed by atoms with van der Waals surface area (Å²) in [5, 5.41) is 2.62. The molecule has 1 rings (SSSR count). The minimum absolute atomic E-state index is 0.0201. The zero-order valence-corrected chi connectivity index (χ0v) is 13.5. The fourth-order valence-electron chi connectivity index (χ4n) is 1.47. The van der Waals surface area contributed by atoms with E-state index < -0.39 is 10.0 Å². The third kappa shape index (κ3) is 4.73. The second-order valence-corrected chi connectivity index (χ2v) is 6.84. The molecule has 9 heteroatoms. The molecule has 1 aromatic rings. The van der Waals surface area contributed by atoms with Gasteiger partial charge in [-0.2, -0.15) is 4.31 Å². The largest absolute Gasteiger partial charge is 0.388 e. The number of nitrogens with two attached hydrogens (primary N) is 1. The number of amides is 1. The molecule has 0 bridgehead atoms. The van der Waals surface area contributed by atoms with Crippen LogP contribution in [0.3, 0.4) is 0 Å². The lowest BCUT2D eigenvalue weighted by Gasteiger charge is -2.16. The smallest absolute Gasteiger partial charge is 0.244 e. The van der Waals surface area contributed by atoms with Gasteiger partial charge in [0, 0.05) is 19.8 Å². The molecule has 1 amide bonds. The zero-order chi connectivity index (χ0) is 16.0. The number of aromatic nitrogens is 1. The number of sulfonamides is 1. The van der Waals surface area contributed by atoms with Crippen molar-refractivity contribution >= 4 is 33.1 Å². The van der Waals surface area contributed by atoms with Crippen LogP contribution in [0.15, 0.2) is 23.2 Å². The van der Waals surface area contributed by atoms with Gasteiger partial charge >= 0.3 is 0 Å². The van der Waals surface area contributed by atoms with Crippen molar-refractivity contribution in [2.24, 2.45) is 5.73 Å². The Bertz CT molecular complexity index is 614. The van der Waals surface area contributed by atoms with Gasteiger partial charge < -0.3 is 11.1 Å². The fourth-order valence-corrected chi connectivity index (χ4v) is 2.66. The number of nitrogens with zero attached hydrogens (tertiary/aromatic N) is 2. The van der Waals surface area contributed by atoms with Gasteiger partial charge in [0.15, 0.2) is 0 Å². The van der Waals surface area contributed by atoms with Gasteiger partial charge in [-0.25, -0.2) is 8.42 Å². The molecule has 0 radical (unpaired) electrons. The molecule has 0 unspecified atom stereocenters. The van der Waals surface area contributed by atoms with Gasteiger partial charge in [0.05, 0.1) is 12.2 Å². The van der Waals surface area contributed by atoms with E-state index in [-0.39, 0.29) is 22.3 Å². The highest BCUT2D eigenvalue weighted by atomic mass is 32.2.